The van der Waals surface area contributed by atoms with Crippen LogP contribution in [0.1, 0.15) is 29.9 Å². The third-order valence-corrected chi connectivity index (χ3v) is 4.05. The normalized spacial score (nSPS) is 11.3. The van der Waals surface area contributed by atoms with Crippen molar-refractivity contribution in [2.45, 2.75) is 33.6 Å². The first kappa shape index (κ1) is 19.0. The fraction of sp³-hybridized carbons (Fsp3) is 0.294. The van der Waals surface area contributed by atoms with Gasteiger partial charge in [0, 0.05) is 18.2 Å². The van der Waals surface area contributed by atoms with Crippen LogP contribution in [-0.2, 0) is 22.3 Å². The minimum Gasteiger partial charge on any atom is -0.460 e. The van der Waals surface area contributed by atoms with Crippen LogP contribution in [0.4, 0.5) is 18.3 Å². The highest BCUT2D eigenvalue weighted by Crippen LogP contribution is 2.37. The van der Waals surface area contributed by atoms with Crippen LogP contribution in [-0.4, -0.2) is 11.0 Å². The van der Waals surface area contributed by atoms with E-state index < -0.39 is 17.7 Å². The van der Waals surface area contributed by atoms with E-state index in [4.69, 9.17) is 4.74 Å². The summed E-state index contributed by atoms with van der Waals surface area (Å²) in [5.74, 6) is -0.478. The van der Waals surface area contributed by atoms with Gasteiger partial charge in [0.15, 0.2) is 5.13 Å². The molecule has 0 unspecified atom stereocenters. The summed E-state index contributed by atoms with van der Waals surface area (Å²) in [5, 5.41) is 3.40. The second kappa shape index (κ2) is 7.26. The van der Waals surface area contributed by atoms with Gasteiger partial charge in [0.25, 0.3) is 0 Å². The molecule has 1 N–H and O–H groups in total. The third-order valence-electron chi connectivity index (χ3n) is 3.10. The van der Waals surface area contributed by atoms with Crippen molar-refractivity contribution >= 4 is 22.4 Å². The summed E-state index contributed by atoms with van der Waals surface area (Å²) in [5.41, 5.74) is 1.03. The molecule has 134 valence electrons. The number of thiazole rings is 1. The zero-order valence-corrected chi connectivity index (χ0v) is 14.8. The van der Waals surface area contributed by atoms with E-state index in [9.17, 15) is 18.0 Å². The molecule has 0 atom stereocenters. The van der Waals surface area contributed by atoms with Gasteiger partial charge in [-0.3, -0.25) is 4.79 Å². The Bertz CT molecular complexity index is 813. The lowest BCUT2D eigenvalue weighted by molar-refractivity contribution is -0.142. The molecule has 0 fully saturated rings. The van der Waals surface area contributed by atoms with Crippen molar-refractivity contribution in [3.63, 3.8) is 0 Å². The molecule has 8 heteroatoms. The Morgan fingerprint density at radius 3 is 2.56 bits per heavy atom. The van der Waals surface area contributed by atoms with Gasteiger partial charge in [-0.1, -0.05) is 17.9 Å². The molecular weight excluding hydrogens is 353 g/mol. The number of anilines is 1. The number of carbonyl (C=O) groups excluding carboxylic acids is 1. The van der Waals surface area contributed by atoms with Gasteiger partial charge in [-0.05, 0) is 37.6 Å². The number of allylic oxidation sites excluding steroid dienone is 1. The first-order valence-electron chi connectivity index (χ1n) is 7.31. The van der Waals surface area contributed by atoms with E-state index in [0.717, 1.165) is 12.1 Å². The summed E-state index contributed by atoms with van der Waals surface area (Å²) in [6, 6.07) is 3.74. The molecule has 0 radical (unpaired) electrons. The molecule has 1 aromatic carbocycles. The van der Waals surface area contributed by atoms with E-state index in [1.165, 1.54) is 18.3 Å². The zero-order chi connectivity index (χ0) is 18.8. The lowest BCUT2D eigenvalue weighted by Gasteiger charge is -2.10. The van der Waals surface area contributed by atoms with Crippen LogP contribution in [0.3, 0.4) is 0 Å². The van der Waals surface area contributed by atoms with Crippen molar-refractivity contribution in [3.8, 4) is 11.3 Å². The van der Waals surface area contributed by atoms with Crippen LogP contribution in [0.5, 0.6) is 0 Å². The first-order valence-corrected chi connectivity index (χ1v) is 8.12. The van der Waals surface area contributed by atoms with Crippen molar-refractivity contribution in [2.24, 2.45) is 0 Å². The minimum absolute atomic E-state index is 0.0600. The molecule has 2 aromatic rings. The number of rotatable bonds is 5. The van der Waals surface area contributed by atoms with Gasteiger partial charge in [-0.2, -0.15) is 13.2 Å². The summed E-state index contributed by atoms with van der Waals surface area (Å²) >= 11 is 1.20. The van der Waals surface area contributed by atoms with Gasteiger partial charge < -0.3 is 10.1 Å². The monoisotopic (exact) mass is 370 g/mol. The van der Waals surface area contributed by atoms with E-state index in [1.807, 2.05) is 0 Å². The van der Waals surface area contributed by atoms with Crippen LogP contribution < -0.4 is 5.32 Å². The Hall–Kier alpha value is -2.35. The number of esters is 1. The van der Waals surface area contributed by atoms with Gasteiger partial charge >= 0.3 is 12.1 Å². The maximum atomic E-state index is 13.1. The average molecular weight is 370 g/mol. The number of hydrogen-bond donors (Lipinski definition) is 1. The summed E-state index contributed by atoms with van der Waals surface area (Å²) < 4.78 is 44.2. The predicted molar refractivity (Wildman–Crippen MR) is 91.2 cm³/mol. The summed E-state index contributed by atoms with van der Waals surface area (Å²) in [6.45, 7) is 8.25. The Labute approximate surface area is 147 Å². The number of nitrogens with one attached hydrogen (secondary N) is 1. The Morgan fingerprint density at radius 1 is 1.32 bits per heavy atom. The molecular formula is C17H17F3N2O2S. The molecule has 25 heavy (non-hydrogen) atoms. The summed E-state index contributed by atoms with van der Waals surface area (Å²) in [4.78, 5) is 16.0. The standard InChI is InChI=1S/C17H17F3N2O2S/c1-9(2)21-16-22-15(14(25-16)8-24-11(4)23)12-5-10(3)6-13(7-12)17(18,19)20/h5-7H,1,8H2,2-4H3,(H,21,22). The van der Waals surface area contributed by atoms with Crippen LogP contribution in [0.15, 0.2) is 30.5 Å². The van der Waals surface area contributed by atoms with Gasteiger partial charge in [-0.15, -0.1) is 0 Å². The van der Waals surface area contributed by atoms with Crippen molar-refractivity contribution in [1.82, 2.24) is 4.98 Å². The molecule has 2 rings (SSSR count). The molecule has 0 aliphatic rings. The lowest BCUT2D eigenvalue weighted by Crippen LogP contribution is -2.06. The van der Waals surface area contributed by atoms with Crippen LogP contribution >= 0.6 is 11.3 Å². The second-order valence-electron chi connectivity index (χ2n) is 5.56. The molecule has 0 aliphatic carbocycles. The van der Waals surface area contributed by atoms with Crippen molar-refractivity contribution in [2.75, 3.05) is 5.32 Å². The number of aryl methyl sites for hydroxylation is 1. The lowest BCUT2D eigenvalue weighted by atomic mass is 10.0. The predicted octanol–water partition coefficient (Wildman–Crippen LogP) is 5.15. The molecule has 0 aliphatic heterocycles. The quantitative estimate of drug-likeness (QED) is 0.740. The highest BCUT2D eigenvalue weighted by Gasteiger charge is 2.31. The smallest absolute Gasteiger partial charge is 0.416 e. The highest BCUT2D eigenvalue weighted by atomic mass is 32.1. The number of aromatic nitrogens is 1. The van der Waals surface area contributed by atoms with Crippen LogP contribution in [0, 0.1) is 6.92 Å². The fourth-order valence-corrected chi connectivity index (χ4v) is 3.14. The summed E-state index contributed by atoms with van der Waals surface area (Å²) in [6.07, 6.45) is -4.45. The van der Waals surface area contributed by atoms with E-state index >= 15 is 0 Å². The topological polar surface area (TPSA) is 51.2 Å². The largest absolute Gasteiger partial charge is 0.460 e. The second-order valence-corrected chi connectivity index (χ2v) is 6.65. The van der Waals surface area contributed by atoms with E-state index in [0.29, 0.717) is 32.5 Å². The Kier molecular flexibility index (Phi) is 5.52. The number of halogens is 3. The molecule has 0 bridgehead atoms. The molecule has 4 nitrogen and oxygen atoms in total. The zero-order valence-electron chi connectivity index (χ0n) is 14.0. The number of hydrogen-bond acceptors (Lipinski definition) is 5. The van der Waals surface area contributed by atoms with Crippen molar-refractivity contribution < 1.29 is 22.7 Å². The molecule has 0 saturated carbocycles. The molecule has 1 heterocycles. The number of nitrogens with zero attached hydrogens (tertiary/aromatic N) is 1. The third kappa shape index (κ3) is 5.06. The number of carbonyl (C=O) groups is 1. The molecule has 0 saturated heterocycles. The maximum Gasteiger partial charge on any atom is 0.416 e. The number of alkyl halides is 3. The number of benzene rings is 1. The van der Waals surface area contributed by atoms with Gasteiger partial charge in [0.05, 0.1) is 16.1 Å². The Morgan fingerprint density at radius 2 is 2.00 bits per heavy atom. The minimum atomic E-state index is -4.45. The molecule has 1 aromatic heterocycles. The van der Waals surface area contributed by atoms with E-state index in [1.54, 1.807) is 19.9 Å². The summed E-state index contributed by atoms with van der Waals surface area (Å²) in [7, 11) is 0. The number of ether oxygens (including phenoxy) is 1. The van der Waals surface area contributed by atoms with Gasteiger partial charge in [0.1, 0.15) is 6.61 Å². The highest BCUT2D eigenvalue weighted by molar-refractivity contribution is 7.16. The van der Waals surface area contributed by atoms with Crippen molar-refractivity contribution in [3.05, 3.63) is 46.5 Å². The van der Waals surface area contributed by atoms with Gasteiger partial charge in [0.2, 0.25) is 0 Å². The fourth-order valence-electron chi connectivity index (χ4n) is 2.16. The average Bonchev–Trinajstić information content (AvgIpc) is 2.85. The maximum absolute atomic E-state index is 13.1. The molecule has 0 amide bonds. The van der Waals surface area contributed by atoms with Crippen LogP contribution in [0.25, 0.3) is 11.3 Å². The SMILES string of the molecule is C=C(C)Nc1nc(-c2cc(C)cc(C(F)(F)F)c2)c(COC(C)=O)s1. The van der Waals surface area contributed by atoms with Crippen LogP contribution in [0.2, 0.25) is 0 Å². The van der Waals surface area contributed by atoms with E-state index in [-0.39, 0.29) is 6.61 Å². The van der Waals surface area contributed by atoms with E-state index in [2.05, 4.69) is 16.9 Å². The van der Waals surface area contributed by atoms with Crippen molar-refractivity contribution in [1.29, 1.82) is 0 Å². The first-order chi connectivity index (χ1) is 11.6. The molecule has 0 spiro atoms. The van der Waals surface area contributed by atoms with Gasteiger partial charge in [-0.25, -0.2) is 4.98 Å². The Balaban J connectivity index is 2.52.